The molecule has 0 aromatic carbocycles. The third-order valence-corrected chi connectivity index (χ3v) is 0. The molecule has 54 valence electrons. The van der Waals surface area contributed by atoms with E-state index in [0.29, 0.717) is 0 Å². The van der Waals surface area contributed by atoms with E-state index in [1.54, 1.807) is 0 Å². The van der Waals surface area contributed by atoms with Crippen molar-refractivity contribution in [2.24, 2.45) is 0 Å². The van der Waals surface area contributed by atoms with Crippen LogP contribution in [0, 0.1) is 0 Å². The van der Waals surface area contributed by atoms with Crippen molar-refractivity contribution >= 4 is 7.32 Å². The normalized spacial score (nSPS) is 2.70. The molecule has 10 heteroatoms. The van der Waals surface area contributed by atoms with Crippen LogP contribution in [0.4, 0.5) is 0 Å². The maximum atomic E-state index is 8.42. The quantitative estimate of drug-likeness (QED) is 0.407. The van der Waals surface area contributed by atoms with Gasteiger partial charge in [-0.1, -0.05) is 0 Å². The van der Waals surface area contributed by atoms with Gasteiger partial charge in [-0.05, 0) is 0 Å². The Bertz CT molecular complexity index is 17.7. The molecule has 0 bridgehead atoms. The van der Waals surface area contributed by atoms with E-state index in [1.807, 2.05) is 0 Å². The zero-order chi connectivity index (χ0) is 3.58. The Morgan fingerprint density at radius 3 is 0.600 bits per heavy atom. The van der Waals surface area contributed by atoms with E-state index < -0.39 is 7.32 Å². The second kappa shape index (κ2) is 45.6. The molecule has 6 nitrogen and oxygen atoms in total. The molecule has 0 radical (unpaired) electrons. The summed E-state index contributed by atoms with van der Waals surface area (Å²) in [5.41, 5.74) is 0. The minimum atomic E-state index is -2.92. The fourth-order valence-corrected chi connectivity index (χ4v) is 0. The van der Waals surface area contributed by atoms with Gasteiger partial charge in [0.1, 0.15) is 0 Å². The van der Waals surface area contributed by atoms with Crippen LogP contribution in [0.3, 0.4) is 0 Å². The summed E-state index contributed by atoms with van der Waals surface area (Å²) in [6, 6.07) is 0. The zero-order valence-corrected chi connectivity index (χ0v) is 14.3. The maximum absolute atomic E-state index is 8.42. The smallest absolute Gasteiger partial charge is 0 e. The molecule has 0 aliphatic heterocycles. The van der Waals surface area contributed by atoms with Crippen LogP contribution in [0.5, 0.6) is 0 Å². The summed E-state index contributed by atoms with van der Waals surface area (Å²) in [6.07, 6.45) is 0. The molecular weight excluding hydrogens is 303 g/mol. The first-order valence-corrected chi connectivity index (χ1v) is 0.707. The largest absolute Gasteiger partial charge is 0.907 e. The van der Waals surface area contributed by atoms with E-state index in [2.05, 4.69) is 0 Å². The fraction of sp³-hybridized carbons (Fsp3) is 0. The molecule has 0 fully saturated rings. The van der Waals surface area contributed by atoms with Crippen molar-refractivity contribution in [3.63, 3.8) is 0 Å². The van der Waals surface area contributed by atoms with E-state index in [0.717, 1.165) is 0 Å². The zero-order valence-electron chi connectivity index (χ0n) is 5.42. The van der Waals surface area contributed by atoms with Crippen LogP contribution >= 0.6 is 0 Å². The summed E-state index contributed by atoms with van der Waals surface area (Å²) in [6.45, 7) is 0. The third-order valence-electron chi connectivity index (χ3n) is 0. The predicted octanol–water partition coefficient (Wildman–Crippen LogP) is -6.43. The second-order valence-corrected chi connectivity index (χ2v) is 0.289. The average Bonchev–Trinajstić information content (AvgIpc) is 0.811. The van der Waals surface area contributed by atoms with Gasteiger partial charge in [0, 0.05) is 58.4 Å². The average molecular weight is 309 g/mol. The molecule has 6 N–H and O–H groups in total. The summed E-state index contributed by atoms with van der Waals surface area (Å²) in [4.78, 5) is 0. The molecular formula is H6BO6Zn3-3. The standard InChI is InChI=1S/BO3.3H2O.3Zn/c2-1(3)4;;;;;;/h;3*1H2;;;/q-3;;;;;;. The van der Waals surface area contributed by atoms with Crippen LogP contribution in [0.2, 0.25) is 0 Å². The van der Waals surface area contributed by atoms with Crippen LogP contribution in [0.1, 0.15) is 0 Å². The van der Waals surface area contributed by atoms with E-state index in [-0.39, 0.29) is 74.9 Å². The van der Waals surface area contributed by atoms with Gasteiger partial charge in [0.25, 0.3) is 0 Å². The van der Waals surface area contributed by atoms with Gasteiger partial charge >= 0.3 is 0 Å². The van der Waals surface area contributed by atoms with Gasteiger partial charge in [-0.3, -0.25) is 7.32 Å². The van der Waals surface area contributed by atoms with Gasteiger partial charge in [0.05, 0.1) is 0 Å². The molecule has 0 unspecified atom stereocenters. The Labute approximate surface area is 96.8 Å². The van der Waals surface area contributed by atoms with Gasteiger partial charge in [0.15, 0.2) is 0 Å². The molecule has 0 rings (SSSR count). The Morgan fingerprint density at radius 2 is 0.600 bits per heavy atom. The molecule has 0 heterocycles. The van der Waals surface area contributed by atoms with Gasteiger partial charge < -0.3 is 31.5 Å². The molecule has 0 spiro atoms. The summed E-state index contributed by atoms with van der Waals surface area (Å²) in [7, 11) is -2.92. The first-order chi connectivity index (χ1) is 1.73. The summed E-state index contributed by atoms with van der Waals surface area (Å²) in [5.74, 6) is 0. The van der Waals surface area contributed by atoms with E-state index in [1.165, 1.54) is 0 Å². The fourth-order valence-electron chi connectivity index (χ4n) is 0. The molecule has 0 saturated carbocycles. The minimum Gasteiger partial charge on any atom is -0.907 e. The predicted molar refractivity (Wildman–Crippen MR) is 16.6 cm³/mol. The van der Waals surface area contributed by atoms with E-state index in [4.69, 9.17) is 15.1 Å². The Balaban J connectivity index is -0.00000000300. The number of hydrogen-bond donors (Lipinski definition) is 0. The first-order valence-electron chi connectivity index (χ1n) is 0.707. The molecule has 0 amide bonds. The molecule has 0 saturated heterocycles. The van der Waals surface area contributed by atoms with Crippen molar-refractivity contribution < 1.29 is 89.9 Å². The molecule has 0 aliphatic carbocycles. The van der Waals surface area contributed by atoms with E-state index in [9.17, 15) is 0 Å². The van der Waals surface area contributed by atoms with Crippen molar-refractivity contribution in [1.82, 2.24) is 0 Å². The van der Waals surface area contributed by atoms with Crippen LogP contribution in [-0.2, 0) is 58.4 Å². The summed E-state index contributed by atoms with van der Waals surface area (Å²) in [5, 5.41) is 25.2. The van der Waals surface area contributed by atoms with Gasteiger partial charge in [-0.2, -0.15) is 0 Å². The van der Waals surface area contributed by atoms with Crippen molar-refractivity contribution in [2.45, 2.75) is 0 Å². The van der Waals surface area contributed by atoms with Crippen LogP contribution in [0.15, 0.2) is 0 Å². The van der Waals surface area contributed by atoms with Gasteiger partial charge in [0.2, 0.25) is 0 Å². The summed E-state index contributed by atoms with van der Waals surface area (Å²) < 4.78 is 0. The Morgan fingerprint density at radius 1 is 0.600 bits per heavy atom. The van der Waals surface area contributed by atoms with Gasteiger partial charge in [-0.25, -0.2) is 0 Å². The van der Waals surface area contributed by atoms with Crippen molar-refractivity contribution in [3.8, 4) is 0 Å². The molecule has 0 atom stereocenters. The Hall–Kier alpha value is 1.70. The van der Waals surface area contributed by atoms with Crippen molar-refractivity contribution in [1.29, 1.82) is 0 Å². The number of rotatable bonds is 0. The molecule has 0 aromatic rings. The first kappa shape index (κ1) is 60.7. The maximum Gasteiger partial charge on any atom is 0 e. The SMILES string of the molecule is O.O.O.[O-]B([O-])[O-].[Zn].[Zn].[Zn]. The van der Waals surface area contributed by atoms with Crippen molar-refractivity contribution in [3.05, 3.63) is 0 Å². The second-order valence-electron chi connectivity index (χ2n) is 0.289. The van der Waals surface area contributed by atoms with Crippen LogP contribution in [0.25, 0.3) is 0 Å². The summed E-state index contributed by atoms with van der Waals surface area (Å²) >= 11 is 0. The van der Waals surface area contributed by atoms with E-state index >= 15 is 0 Å². The van der Waals surface area contributed by atoms with Crippen LogP contribution in [-0.4, -0.2) is 23.7 Å². The monoisotopic (exact) mass is 305 g/mol. The van der Waals surface area contributed by atoms with Crippen LogP contribution < -0.4 is 15.1 Å². The number of hydrogen-bond acceptors (Lipinski definition) is 3. The molecule has 0 aliphatic rings. The molecule has 10 heavy (non-hydrogen) atoms. The Kier molecular flexibility index (Phi) is 277. The minimum absolute atomic E-state index is 0. The topological polar surface area (TPSA) is 164 Å². The van der Waals surface area contributed by atoms with Gasteiger partial charge in [-0.15, -0.1) is 0 Å². The third kappa shape index (κ3) is 255. The van der Waals surface area contributed by atoms with Crippen molar-refractivity contribution in [2.75, 3.05) is 0 Å². The molecule has 0 aromatic heterocycles.